The molecule has 0 spiro atoms. The maximum absolute atomic E-state index is 11.6. The van der Waals surface area contributed by atoms with Crippen molar-refractivity contribution in [2.24, 2.45) is 0 Å². The van der Waals surface area contributed by atoms with Crippen molar-refractivity contribution in [1.29, 1.82) is 0 Å². The SMILES string of the molecule is CC(C)NCCC(=O)NCC1CCCCN1C. The first-order valence-corrected chi connectivity index (χ1v) is 6.80. The summed E-state index contributed by atoms with van der Waals surface area (Å²) in [7, 11) is 2.15. The van der Waals surface area contributed by atoms with Crippen molar-refractivity contribution < 1.29 is 4.79 Å². The number of likely N-dealkylation sites (N-methyl/N-ethyl adjacent to an activating group) is 1. The van der Waals surface area contributed by atoms with Gasteiger partial charge in [0.05, 0.1) is 0 Å². The average molecular weight is 241 g/mol. The number of nitrogens with one attached hydrogen (secondary N) is 2. The van der Waals surface area contributed by atoms with Crippen molar-refractivity contribution in [2.45, 2.75) is 51.6 Å². The van der Waals surface area contributed by atoms with E-state index in [9.17, 15) is 4.79 Å². The Kier molecular flexibility index (Phi) is 6.52. The van der Waals surface area contributed by atoms with Crippen molar-refractivity contribution in [3.63, 3.8) is 0 Å². The van der Waals surface area contributed by atoms with Crippen LogP contribution in [0.2, 0.25) is 0 Å². The Morgan fingerprint density at radius 3 is 2.82 bits per heavy atom. The number of likely N-dealkylation sites (tertiary alicyclic amines) is 1. The lowest BCUT2D eigenvalue weighted by molar-refractivity contribution is -0.121. The van der Waals surface area contributed by atoms with E-state index in [0.717, 1.165) is 19.6 Å². The molecule has 1 heterocycles. The van der Waals surface area contributed by atoms with Crippen LogP contribution in [0.5, 0.6) is 0 Å². The Hall–Kier alpha value is -0.610. The highest BCUT2D eigenvalue weighted by Crippen LogP contribution is 2.13. The number of hydrogen-bond donors (Lipinski definition) is 2. The summed E-state index contributed by atoms with van der Waals surface area (Å²) >= 11 is 0. The van der Waals surface area contributed by atoms with E-state index in [2.05, 4.69) is 36.4 Å². The molecule has 100 valence electrons. The van der Waals surface area contributed by atoms with Gasteiger partial charge in [-0.2, -0.15) is 0 Å². The van der Waals surface area contributed by atoms with Gasteiger partial charge in [-0.3, -0.25) is 4.79 Å². The number of amides is 1. The minimum Gasteiger partial charge on any atom is -0.354 e. The zero-order valence-corrected chi connectivity index (χ0v) is 11.5. The van der Waals surface area contributed by atoms with E-state index in [1.54, 1.807) is 0 Å². The Labute approximate surface area is 105 Å². The van der Waals surface area contributed by atoms with Crippen LogP contribution >= 0.6 is 0 Å². The summed E-state index contributed by atoms with van der Waals surface area (Å²) in [4.78, 5) is 14.0. The van der Waals surface area contributed by atoms with Crippen LogP contribution in [0.3, 0.4) is 0 Å². The van der Waals surface area contributed by atoms with Crippen molar-refractivity contribution in [3.8, 4) is 0 Å². The summed E-state index contributed by atoms with van der Waals surface area (Å²) in [5, 5.41) is 6.29. The first kappa shape index (κ1) is 14.5. The lowest BCUT2D eigenvalue weighted by atomic mass is 10.0. The lowest BCUT2D eigenvalue weighted by Crippen LogP contribution is -2.45. The summed E-state index contributed by atoms with van der Waals surface area (Å²) in [6, 6.07) is 0.984. The van der Waals surface area contributed by atoms with Crippen molar-refractivity contribution in [3.05, 3.63) is 0 Å². The first-order chi connectivity index (χ1) is 8.09. The normalized spacial score (nSPS) is 21.8. The standard InChI is InChI=1S/C13H27N3O/c1-11(2)14-8-7-13(17)15-10-12-6-4-5-9-16(12)3/h11-12,14H,4-10H2,1-3H3,(H,15,17). The fourth-order valence-electron chi connectivity index (χ4n) is 2.20. The highest BCUT2D eigenvalue weighted by molar-refractivity contribution is 5.76. The van der Waals surface area contributed by atoms with E-state index in [-0.39, 0.29) is 5.91 Å². The van der Waals surface area contributed by atoms with Gasteiger partial charge in [0.15, 0.2) is 0 Å². The van der Waals surface area contributed by atoms with E-state index in [0.29, 0.717) is 18.5 Å². The van der Waals surface area contributed by atoms with Crippen molar-refractivity contribution in [1.82, 2.24) is 15.5 Å². The number of rotatable bonds is 6. The second-order valence-corrected chi connectivity index (χ2v) is 5.29. The zero-order valence-electron chi connectivity index (χ0n) is 11.5. The Balaban J connectivity index is 2.10. The number of carbonyl (C=O) groups is 1. The lowest BCUT2D eigenvalue weighted by Gasteiger charge is -2.32. The van der Waals surface area contributed by atoms with Crippen LogP contribution in [0.4, 0.5) is 0 Å². The molecule has 1 unspecified atom stereocenters. The van der Waals surface area contributed by atoms with Crippen LogP contribution in [-0.2, 0) is 4.79 Å². The molecule has 0 aromatic rings. The smallest absolute Gasteiger partial charge is 0.221 e. The monoisotopic (exact) mass is 241 g/mol. The first-order valence-electron chi connectivity index (χ1n) is 6.80. The molecule has 1 amide bonds. The number of hydrogen-bond acceptors (Lipinski definition) is 3. The number of piperidine rings is 1. The third-order valence-corrected chi connectivity index (χ3v) is 3.36. The molecule has 1 rings (SSSR count). The number of carbonyl (C=O) groups excluding carboxylic acids is 1. The Morgan fingerprint density at radius 1 is 1.41 bits per heavy atom. The summed E-state index contributed by atoms with van der Waals surface area (Å²) < 4.78 is 0. The van der Waals surface area contributed by atoms with E-state index in [4.69, 9.17) is 0 Å². The molecular formula is C13H27N3O. The molecular weight excluding hydrogens is 214 g/mol. The predicted octanol–water partition coefficient (Wildman–Crippen LogP) is 0.975. The van der Waals surface area contributed by atoms with Crippen LogP contribution < -0.4 is 10.6 Å². The van der Waals surface area contributed by atoms with Crippen LogP contribution in [0, 0.1) is 0 Å². The molecule has 4 heteroatoms. The highest BCUT2D eigenvalue weighted by Gasteiger charge is 2.18. The van der Waals surface area contributed by atoms with Gasteiger partial charge in [-0.25, -0.2) is 0 Å². The van der Waals surface area contributed by atoms with Gasteiger partial charge >= 0.3 is 0 Å². The van der Waals surface area contributed by atoms with Gasteiger partial charge < -0.3 is 15.5 Å². The molecule has 1 aliphatic heterocycles. The molecule has 0 aromatic carbocycles. The highest BCUT2D eigenvalue weighted by atomic mass is 16.1. The molecule has 17 heavy (non-hydrogen) atoms. The molecule has 1 aliphatic rings. The second kappa shape index (κ2) is 7.67. The van der Waals surface area contributed by atoms with Crippen LogP contribution in [-0.4, -0.2) is 49.6 Å². The van der Waals surface area contributed by atoms with Crippen LogP contribution in [0.25, 0.3) is 0 Å². The van der Waals surface area contributed by atoms with Crippen molar-refractivity contribution in [2.75, 3.05) is 26.7 Å². The summed E-state index contributed by atoms with van der Waals surface area (Å²) in [5.74, 6) is 0.164. The summed E-state index contributed by atoms with van der Waals surface area (Å²) in [6.07, 6.45) is 4.37. The topological polar surface area (TPSA) is 44.4 Å². The minimum atomic E-state index is 0.164. The molecule has 0 saturated carbocycles. The third-order valence-electron chi connectivity index (χ3n) is 3.36. The van der Waals surface area contributed by atoms with E-state index < -0.39 is 0 Å². The minimum absolute atomic E-state index is 0.164. The van der Waals surface area contributed by atoms with E-state index in [1.165, 1.54) is 19.3 Å². The fourth-order valence-corrected chi connectivity index (χ4v) is 2.20. The Bertz CT molecular complexity index is 231. The van der Waals surface area contributed by atoms with Gasteiger partial charge in [0.2, 0.25) is 5.91 Å². The van der Waals surface area contributed by atoms with Gasteiger partial charge in [-0.15, -0.1) is 0 Å². The average Bonchev–Trinajstić information content (AvgIpc) is 2.27. The van der Waals surface area contributed by atoms with Gasteiger partial charge in [0.1, 0.15) is 0 Å². The quantitative estimate of drug-likeness (QED) is 0.728. The third kappa shape index (κ3) is 6.03. The van der Waals surface area contributed by atoms with E-state index >= 15 is 0 Å². The fraction of sp³-hybridized carbons (Fsp3) is 0.923. The van der Waals surface area contributed by atoms with Crippen molar-refractivity contribution >= 4 is 5.91 Å². The molecule has 4 nitrogen and oxygen atoms in total. The van der Waals surface area contributed by atoms with Gasteiger partial charge in [0.25, 0.3) is 0 Å². The molecule has 1 atom stereocenters. The largest absolute Gasteiger partial charge is 0.354 e. The van der Waals surface area contributed by atoms with Gasteiger partial charge in [0, 0.05) is 31.6 Å². The van der Waals surface area contributed by atoms with Gasteiger partial charge in [-0.05, 0) is 26.4 Å². The zero-order chi connectivity index (χ0) is 12.7. The second-order valence-electron chi connectivity index (χ2n) is 5.29. The molecule has 2 N–H and O–H groups in total. The number of nitrogens with zero attached hydrogens (tertiary/aromatic N) is 1. The maximum atomic E-state index is 11.6. The van der Waals surface area contributed by atoms with Gasteiger partial charge in [-0.1, -0.05) is 20.3 Å². The van der Waals surface area contributed by atoms with Crippen LogP contribution in [0.15, 0.2) is 0 Å². The van der Waals surface area contributed by atoms with E-state index in [1.807, 2.05) is 0 Å². The molecule has 0 aromatic heterocycles. The van der Waals surface area contributed by atoms with Crippen LogP contribution in [0.1, 0.15) is 39.5 Å². The molecule has 1 saturated heterocycles. The summed E-state index contributed by atoms with van der Waals surface area (Å²) in [5.41, 5.74) is 0. The maximum Gasteiger partial charge on any atom is 0.221 e. The predicted molar refractivity (Wildman–Crippen MR) is 71.0 cm³/mol. The molecule has 0 bridgehead atoms. The molecule has 1 fully saturated rings. The molecule has 0 radical (unpaired) electrons. The summed E-state index contributed by atoms with van der Waals surface area (Å²) in [6.45, 7) is 6.92. The molecule has 0 aliphatic carbocycles. The Morgan fingerprint density at radius 2 is 2.18 bits per heavy atom.